The van der Waals surface area contributed by atoms with Crippen molar-refractivity contribution in [3.05, 3.63) is 24.0 Å². The van der Waals surface area contributed by atoms with Gasteiger partial charge in [0.1, 0.15) is 5.76 Å². The van der Waals surface area contributed by atoms with Gasteiger partial charge in [-0.2, -0.15) is 0 Å². The first-order valence-electron chi connectivity index (χ1n) is 5.23. The third-order valence-corrected chi connectivity index (χ3v) is 1.13. The molecular weight excluding hydrogens is 190 g/mol. The van der Waals surface area contributed by atoms with Crippen molar-refractivity contribution in [3.8, 4) is 0 Å². The molecule has 0 aromatic rings. The van der Waals surface area contributed by atoms with Crippen molar-refractivity contribution >= 4 is 5.91 Å². The largest absolute Gasteiger partial charge is 0.509 e. The number of aliphatic hydroxyl groups is 1. The van der Waals surface area contributed by atoms with Gasteiger partial charge in [-0.25, -0.2) is 0 Å². The standard InChI is InChI=1S/C8H13NO2.2C2H6/c1-6(5-7(2)10)8(11)9(3)4;2*1-2/h5,10H,2H2,1,3-4H3;2*1-2H3/b6-5+;;. The topological polar surface area (TPSA) is 40.5 Å². The molecule has 0 aliphatic rings. The van der Waals surface area contributed by atoms with Crippen molar-refractivity contribution < 1.29 is 9.90 Å². The van der Waals surface area contributed by atoms with Crippen LogP contribution in [0.5, 0.6) is 0 Å². The van der Waals surface area contributed by atoms with Crippen molar-refractivity contribution in [1.29, 1.82) is 0 Å². The predicted octanol–water partition coefficient (Wildman–Crippen LogP) is 3.15. The van der Waals surface area contributed by atoms with Crippen LogP contribution in [0, 0.1) is 0 Å². The number of nitrogens with zero attached hydrogens (tertiary/aromatic N) is 1. The quantitative estimate of drug-likeness (QED) is 0.437. The molecule has 1 amide bonds. The Labute approximate surface area is 94.1 Å². The van der Waals surface area contributed by atoms with E-state index in [9.17, 15) is 4.79 Å². The minimum atomic E-state index is -0.125. The average Bonchev–Trinajstić information content (AvgIpc) is 2.21. The highest BCUT2D eigenvalue weighted by Gasteiger charge is 2.05. The summed E-state index contributed by atoms with van der Waals surface area (Å²) in [5.74, 6) is -0.224. The summed E-state index contributed by atoms with van der Waals surface area (Å²) in [6.45, 7) is 12.9. The van der Waals surface area contributed by atoms with Crippen molar-refractivity contribution in [3.63, 3.8) is 0 Å². The van der Waals surface area contributed by atoms with Gasteiger partial charge in [0.05, 0.1) is 0 Å². The average molecular weight is 215 g/mol. The molecule has 0 aromatic carbocycles. The maximum Gasteiger partial charge on any atom is 0.249 e. The molecule has 0 unspecified atom stereocenters. The number of rotatable bonds is 2. The Morgan fingerprint density at radius 3 is 1.73 bits per heavy atom. The van der Waals surface area contributed by atoms with Crippen LogP contribution in [0.4, 0.5) is 0 Å². The lowest BCUT2D eigenvalue weighted by Gasteiger charge is -2.09. The summed E-state index contributed by atoms with van der Waals surface area (Å²) in [4.78, 5) is 12.5. The van der Waals surface area contributed by atoms with Crippen LogP contribution in [0.25, 0.3) is 0 Å². The van der Waals surface area contributed by atoms with E-state index in [-0.39, 0.29) is 11.7 Å². The highest BCUT2D eigenvalue weighted by atomic mass is 16.3. The molecule has 90 valence electrons. The molecule has 0 aromatic heterocycles. The number of hydrogen-bond donors (Lipinski definition) is 1. The van der Waals surface area contributed by atoms with E-state index in [1.54, 1.807) is 21.0 Å². The Balaban J connectivity index is -0.000000318. The molecule has 1 N–H and O–H groups in total. The monoisotopic (exact) mass is 215 g/mol. The summed E-state index contributed by atoms with van der Waals surface area (Å²) in [5, 5.41) is 8.71. The summed E-state index contributed by atoms with van der Waals surface area (Å²) in [5.41, 5.74) is 0.475. The minimum Gasteiger partial charge on any atom is -0.509 e. The predicted molar refractivity (Wildman–Crippen MR) is 66.9 cm³/mol. The number of carbonyl (C=O) groups excluding carboxylic acids is 1. The molecule has 0 bridgehead atoms. The Morgan fingerprint density at radius 1 is 1.20 bits per heavy atom. The summed E-state index contributed by atoms with van der Waals surface area (Å²) >= 11 is 0. The van der Waals surface area contributed by atoms with Gasteiger partial charge >= 0.3 is 0 Å². The molecule has 0 heterocycles. The zero-order valence-corrected chi connectivity index (χ0v) is 11.1. The highest BCUT2D eigenvalue weighted by molar-refractivity contribution is 5.92. The van der Waals surface area contributed by atoms with Gasteiger partial charge in [-0.15, -0.1) is 0 Å². The van der Waals surface area contributed by atoms with Gasteiger partial charge in [0, 0.05) is 19.7 Å². The first-order chi connectivity index (χ1) is 6.95. The van der Waals surface area contributed by atoms with E-state index in [2.05, 4.69) is 6.58 Å². The van der Waals surface area contributed by atoms with Gasteiger partial charge in [-0.3, -0.25) is 4.79 Å². The van der Waals surface area contributed by atoms with E-state index < -0.39 is 0 Å². The molecule has 0 aliphatic heterocycles. The number of hydrogen-bond acceptors (Lipinski definition) is 2. The number of allylic oxidation sites excluding steroid dienone is 1. The molecule has 0 saturated carbocycles. The van der Waals surface area contributed by atoms with Gasteiger partial charge in [-0.1, -0.05) is 34.3 Å². The Morgan fingerprint density at radius 2 is 1.53 bits per heavy atom. The van der Waals surface area contributed by atoms with Crippen LogP contribution >= 0.6 is 0 Å². The van der Waals surface area contributed by atoms with Crippen LogP contribution in [-0.2, 0) is 4.79 Å². The van der Waals surface area contributed by atoms with E-state index in [0.717, 1.165) is 0 Å². The third kappa shape index (κ3) is 12.8. The molecule has 3 heteroatoms. The summed E-state index contributed by atoms with van der Waals surface area (Å²) in [6, 6.07) is 0. The molecule has 0 atom stereocenters. The molecule has 0 radical (unpaired) electrons. The number of likely N-dealkylation sites (N-methyl/N-ethyl adjacent to an activating group) is 1. The maximum atomic E-state index is 11.1. The first-order valence-corrected chi connectivity index (χ1v) is 5.23. The van der Waals surface area contributed by atoms with Crippen molar-refractivity contribution in [2.24, 2.45) is 0 Å². The normalized spacial score (nSPS) is 8.87. The molecule has 0 aliphatic carbocycles. The smallest absolute Gasteiger partial charge is 0.249 e. The maximum absolute atomic E-state index is 11.1. The van der Waals surface area contributed by atoms with E-state index >= 15 is 0 Å². The number of aliphatic hydroxyl groups excluding tert-OH is 1. The van der Waals surface area contributed by atoms with E-state index in [0.29, 0.717) is 5.57 Å². The van der Waals surface area contributed by atoms with Crippen LogP contribution in [0.2, 0.25) is 0 Å². The highest BCUT2D eigenvalue weighted by Crippen LogP contribution is 1.99. The van der Waals surface area contributed by atoms with Crippen molar-refractivity contribution in [2.75, 3.05) is 14.1 Å². The lowest BCUT2D eigenvalue weighted by molar-refractivity contribution is -0.124. The lowest BCUT2D eigenvalue weighted by atomic mass is 10.2. The van der Waals surface area contributed by atoms with Crippen LogP contribution in [0.15, 0.2) is 24.0 Å². The zero-order chi connectivity index (χ0) is 13.0. The van der Waals surface area contributed by atoms with Crippen molar-refractivity contribution in [2.45, 2.75) is 34.6 Å². The fourth-order valence-corrected chi connectivity index (χ4v) is 0.664. The van der Waals surface area contributed by atoms with Crippen molar-refractivity contribution in [1.82, 2.24) is 4.90 Å². The van der Waals surface area contributed by atoms with Crippen LogP contribution in [-0.4, -0.2) is 30.0 Å². The molecule has 15 heavy (non-hydrogen) atoms. The molecule has 0 saturated heterocycles. The number of amides is 1. The molecular formula is C12H25NO2. The van der Waals surface area contributed by atoms with Gasteiger partial charge in [0.25, 0.3) is 0 Å². The van der Waals surface area contributed by atoms with Crippen LogP contribution < -0.4 is 0 Å². The summed E-state index contributed by atoms with van der Waals surface area (Å²) in [7, 11) is 3.31. The Hall–Kier alpha value is -1.25. The van der Waals surface area contributed by atoms with Gasteiger partial charge in [0.15, 0.2) is 0 Å². The Bertz CT molecular complexity index is 206. The Kier molecular flexibility index (Phi) is 16.4. The first kappa shape index (κ1) is 19.3. The SMILES string of the molecule is C=C(O)/C=C(\C)C(=O)N(C)C.CC.CC. The molecule has 3 nitrogen and oxygen atoms in total. The number of carbonyl (C=O) groups is 1. The lowest BCUT2D eigenvalue weighted by Crippen LogP contribution is -2.22. The van der Waals surface area contributed by atoms with Crippen LogP contribution in [0.1, 0.15) is 34.6 Å². The molecule has 0 rings (SSSR count). The fourth-order valence-electron chi connectivity index (χ4n) is 0.664. The second-order valence-corrected chi connectivity index (χ2v) is 2.52. The van der Waals surface area contributed by atoms with Gasteiger partial charge < -0.3 is 10.0 Å². The van der Waals surface area contributed by atoms with E-state index in [1.807, 2.05) is 27.7 Å². The second-order valence-electron chi connectivity index (χ2n) is 2.52. The van der Waals surface area contributed by atoms with Gasteiger partial charge in [-0.05, 0) is 13.0 Å². The minimum absolute atomic E-state index is 0.0994. The fraction of sp³-hybridized carbons (Fsp3) is 0.583. The summed E-state index contributed by atoms with van der Waals surface area (Å²) < 4.78 is 0. The van der Waals surface area contributed by atoms with Gasteiger partial charge in [0.2, 0.25) is 5.91 Å². The molecule has 0 spiro atoms. The van der Waals surface area contributed by atoms with Crippen LogP contribution in [0.3, 0.4) is 0 Å². The second kappa shape index (κ2) is 12.8. The third-order valence-electron chi connectivity index (χ3n) is 1.13. The van der Waals surface area contributed by atoms with E-state index in [4.69, 9.17) is 5.11 Å². The molecule has 0 fully saturated rings. The van der Waals surface area contributed by atoms with E-state index in [1.165, 1.54) is 11.0 Å². The summed E-state index contributed by atoms with van der Waals surface area (Å²) in [6.07, 6.45) is 1.34. The zero-order valence-electron chi connectivity index (χ0n) is 11.1.